The monoisotopic (exact) mass is 617 g/mol. The van der Waals surface area contributed by atoms with E-state index in [0.29, 0.717) is 37.7 Å². The molecule has 9 nitrogen and oxygen atoms in total. The average Bonchev–Trinajstić information content (AvgIpc) is 3.76. The minimum Gasteiger partial charge on any atom is -0.484 e. The van der Waals surface area contributed by atoms with E-state index in [-0.39, 0.29) is 70.0 Å². The first-order chi connectivity index (χ1) is 20.9. The highest BCUT2D eigenvalue weighted by atomic mass is 32.2. The third-order valence-corrected chi connectivity index (χ3v) is 12.5. The maximum absolute atomic E-state index is 14.0. The van der Waals surface area contributed by atoms with Gasteiger partial charge in [-0.1, -0.05) is 41.2 Å². The molecule has 0 unspecified atom stereocenters. The number of thiazole rings is 1. The van der Waals surface area contributed by atoms with E-state index in [1.807, 2.05) is 55.5 Å². The number of fused-ring (bicyclic) bond motifs is 9. The third-order valence-electron chi connectivity index (χ3n) is 9.96. The highest BCUT2D eigenvalue weighted by Gasteiger charge is 2.69. The first-order valence-corrected chi connectivity index (χ1v) is 16.5. The van der Waals surface area contributed by atoms with Crippen molar-refractivity contribution in [3.8, 4) is 5.75 Å². The van der Waals surface area contributed by atoms with Gasteiger partial charge in [0.05, 0.1) is 35.8 Å². The molecule has 4 heterocycles. The van der Waals surface area contributed by atoms with Crippen molar-refractivity contribution >= 4 is 46.5 Å². The normalized spacial score (nSPS) is 30.8. The van der Waals surface area contributed by atoms with E-state index in [2.05, 4.69) is 4.98 Å². The molecule has 4 fully saturated rings. The zero-order valence-corrected chi connectivity index (χ0v) is 25.2. The number of nitrogens with one attached hydrogen (secondary N) is 1. The molecule has 2 saturated carbocycles. The van der Waals surface area contributed by atoms with Crippen LogP contribution in [0.1, 0.15) is 28.3 Å². The molecular formula is C32H31N3O6S2. The van der Waals surface area contributed by atoms with Gasteiger partial charge in [0.15, 0.2) is 6.61 Å². The zero-order valence-electron chi connectivity index (χ0n) is 23.6. The van der Waals surface area contributed by atoms with E-state index < -0.39 is 0 Å². The summed E-state index contributed by atoms with van der Waals surface area (Å²) in [7, 11) is 0. The van der Waals surface area contributed by atoms with Crippen LogP contribution < -0.4 is 14.5 Å². The second-order valence-corrected chi connectivity index (χ2v) is 14.4. The molecule has 7 atom stereocenters. The lowest BCUT2D eigenvalue weighted by molar-refractivity contribution is -0.137. The summed E-state index contributed by atoms with van der Waals surface area (Å²) >= 11 is 2.91. The molecule has 2 aliphatic carbocycles. The number of ether oxygens (including phenoxy) is 2. The van der Waals surface area contributed by atoms with Crippen LogP contribution in [-0.4, -0.2) is 65.8 Å². The van der Waals surface area contributed by atoms with Gasteiger partial charge in [0.2, 0.25) is 11.8 Å². The maximum atomic E-state index is 14.0. The molecule has 222 valence electrons. The number of amides is 3. The SMILES string of the molecule is Cc1ccc(N2C(=O)[C@H]3[C@H]4C[C@@H]([C@@H]3C2=O)[C@@H]2[C@H](c3cccc(OCC(=O)N5CCOCC5)c3)c3sc(=O)[nH]c3S[C@H]42)cc1. The van der Waals surface area contributed by atoms with E-state index in [0.717, 1.165) is 27.5 Å². The number of carbonyl (C=O) groups excluding carboxylic acids is 3. The highest BCUT2D eigenvalue weighted by molar-refractivity contribution is 8.00. The molecule has 2 bridgehead atoms. The van der Waals surface area contributed by atoms with E-state index in [1.165, 1.54) is 16.2 Å². The number of morpholine rings is 1. The van der Waals surface area contributed by atoms with Crippen molar-refractivity contribution in [1.82, 2.24) is 9.88 Å². The number of hydrogen-bond donors (Lipinski definition) is 1. The van der Waals surface area contributed by atoms with Gasteiger partial charge in [-0.3, -0.25) is 24.1 Å². The van der Waals surface area contributed by atoms with Crippen LogP contribution in [0.25, 0.3) is 0 Å². The Hall–Kier alpha value is -3.41. The molecule has 8 rings (SSSR count). The van der Waals surface area contributed by atoms with E-state index >= 15 is 0 Å². The van der Waals surface area contributed by atoms with Crippen LogP contribution in [0.15, 0.2) is 58.4 Å². The van der Waals surface area contributed by atoms with Gasteiger partial charge >= 0.3 is 4.87 Å². The lowest BCUT2D eigenvalue weighted by atomic mass is 9.68. The number of aromatic amines is 1. The van der Waals surface area contributed by atoms with Gasteiger partial charge in [-0.05, 0) is 60.9 Å². The summed E-state index contributed by atoms with van der Waals surface area (Å²) in [5.41, 5.74) is 2.71. The maximum Gasteiger partial charge on any atom is 0.305 e. The van der Waals surface area contributed by atoms with Crippen LogP contribution >= 0.6 is 23.1 Å². The number of thioether (sulfide) groups is 1. The number of anilines is 1. The van der Waals surface area contributed by atoms with Gasteiger partial charge in [0.1, 0.15) is 5.75 Å². The molecule has 1 aromatic heterocycles. The smallest absolute Gasteiger partial charge is 0.305 e. The molecule has 3 amide bonds. The van der Waals surface area contributed by atoms with Gasteiger partial charge in [-0.15, -0.1) is 11.8 Å². The summed E-state index contributed by atoms with van der Waals surface area (Å²) in [6, 6.07) is 15.4. The predicted molar refractivity (Wildman–Crippen MR) is 162 cm³/mol. The number of carbonyl (C=O) groups is 3. The number of aromatic nitrogens is 1. The molecule has 2 aromatic carbocycles. The molecule has 0 radical (unpaired) electrons. The summed E-state index contributed by atoms with van der Waals surface area (Å²) in [6.07, 6.45) is 0.830. The topological polar surface area (TPSA) is 109 Å². The molecule has 1 N–H and O–H groups in total. The van der Waals surface area contributed by atoms with Crippen molar-refractivity contribution in [2.45, 2.75) is 29.5 Å². The second-order valence-electron chi connectivity index (χ2n) is 12.2. The van der Waals surface area contributed by atoms with Crippen molar-refractivity contribution in [2.24, 2.45) is 29.6 Å². The molecule has 43 heavy (non-hydrogen) atoms. The Kier molecular flexibility index (Phi) is 6.54. The Morgan fingerprint density at radius 1 is 1.02 bits per heavy atom. The van der Waals surface area contributed by atoms with Gasteiger partial charge < -0.3 is 19.4 Å². The summed E-state index contributed by atoms with van der Waals surface area (Å²) in [5, 5.41) is 0.975. The molecule has 2 saturated heterocycles. The lowest BCUT2D eigenvalue weighted by Crippen LogP contribution is -2.43. The first kappa shape index (κ1) is 27.2. The summed E-state index contributed by atoms with van der Waals surface area (Å²) in [6.45, 7) is 4.12. The Balaban J connectivity index is 1.11. The van der Waals surface area contributed by atoms with Crippen molar-refractivity contribution < 1.29 is 23.9 Å². The standard InChI is InChI=1S/C32H31N3O6S2/c1-16-5-7-18(8-6-16)35-30(37)25-20-14-21(26(25)31(35)38)27-24(20)23(28-29(42-27)33-32(39)43-28)17-3-2-4-19(13-17)41-15-22(36)34-9-11-40-12-10-34/h2-8,13,20-21,23-27H,9-12,14-15H2,1H3,(H,33,39)/t20-,21-,23+,24-,25+,26+,27-/m1/s1. The van der Waals surface area contributed by atoms with Gasteiger partial charge in [0, 0.05) is 29.1 Å². The number of aryl methyl sites for hydroxylation is 1. The quantitative estimate of drug-likeness (QED) is 0.436. The van der Waals surface area contributed by atoms with Crippen LogP contribution in [0.5, 0.6) is 5.75 Å². The molecule has 11 heteroatoms. The van der Waals surface area contributed by atoms with E-state index in [4.69, 9.17) is 9.47 Å². The van der Waals surface area contributed by atoms with Crippen LogP contribution in [0, 0.1) is 36.5 Å². The minimum absolute atomic E-state index is 0.0298. The fourth-order valence-corrected chi connectivity index (χ4v) is 11.1. The average molecular weight is 618 g/mol. The molecule has 3 aromatic rings. The van der Waals surface area contributed by atoms with E-state index in [9.17, 15) is 19.2 Å². The first-order valence-electron chi connectivity index (χ1n) is 14.8. The highest BCUT2D eigenvalue weighted by Crippen LogP contribution is 2.68. The Morgan fingerprint density at radius 3 is 2.53 bits per heavy atom. The van der Waals surface area contributed by atoms with Gasteiger partial charge in [0.25, 0.3) is 5.91 Å². The van der Waals surface area contributed by atoms with Crippen LogP contribution in [0.2, 0.25) is 0 Å². The summed E-state index contributed by atoms with van der Waals surface area (Å²) < 4.78 is 11.3. The molecule has 5 aliphatic rings. The van der Waals surface area contributed by atoms with Crippen molar-refractivity contribution in [3.05, 3.63) is 74.2 Å². The van der Waals surface area contributed by atoms with Crippen molar-refractivity contribution in [3.63, 3.8) is 0 Å². The Morgan fingerprint density at radius 2 is 1.77 bits per heavy atom. The van der Waals surface area contributed by atoms with Crippen molar-refractivity contribution in [2.75, 3.05) is 37.8 Å². The van der Waals surface area contributed by atoms with Crippen LogP contribution in [0.4, 0.5) is 5.69 Å². The predicted octanol–water partition coefficient (Wildman–Crippen LogP) is 3.66. The number of H-pyrrole nitrogens is 1. The van der Waals surface area contributed by atoms with Crippen molar-refractivity contribution in [1.29, 1.82) is 0 Å². The van der Waals surface area contributed by atoms with E-state index in [1.54, 1.807) is 16.7 Å². The fraction of sp³-hybridized carbons (Fsp3) is 0.438. The zero-order chi connectivity index (χ0) is 29.4. The number of benzene rings is 2. The summed E-state index contributed by atoms with van der Waals surface area (Å²) in [4.78, 5) is 60.2. The molecule has 0 spiro atoms. The second kappa shape index (κ2) is 10.3. The molecular weight excluding hydrogens is 587 g/mol. The Bertz CT molecular complexity index is 1680. The van der Waals surface area contributed by atoms with Crippen LogP contribution in [0.3, 0.4) is 0 Å². The third kappa shape index (κ3) is 4.30. The minimum atomic E-state index is -0.356. The lowest BCUT2D eigenvalue weighted by Gasteiger charge is -2.43. The number of rotatable bonds is 5. The number of hydrogen-bond acceptors (Lipinski definition) is 8. The van der Waals surface area contributed by atoms with Gasteiger partial charge in [-0.25, -0.2) is 0 Å². The number of imide groups is 1. The Labute approximate surface area is 256 Å². The van der Waals surface area contributed by atoms with Gasteiger partial charge in [-0.2, -0.15) is 0 Å². The number of nitrogens with zero attached hydrogens (tertiary/aromatic N) is 2. The molecule has 3 aliphatic heterocycles. The largest absolute Gasteiger partial charge is 0.484 e. The van der Waals surface area contributed by atoms with Crippen LogP contribution in [-0.2, 0) is 19.1 Å². The summed E-state index contributed by atoms with van der Waals surface area (Å²) in [5.74, 6) is -0.290. The fourth-order valence-electron chi connectivity index (χ4n) is 8.19.